The summed E-state index contributed by atoms with van der Waals surface area (Å²) in [5.74, 6) is -0.0137. The van der Waals surface area contributed by atoms with Gasteiger partial charge in [0.2, 0.25) is 0 Å². The van der Waals surface area contributed by atoms with E-state index in [9.17, 15) is 9.90 Å². The molecule has 4 aliphatic rings. The van der Waals surface area contributed by atoms with Gasteiger partial charge in [-0.05, 0) is 24.3 Å². The molecule has 4 fully saturated rings. The Morgan fingerprint density at radius 2 is 2.16 bits per heavy atom. The number of fused-ring (bicyclic) bond motifs is 4. The van der Waals surface area contributed by atoms with Gasteiger partial charge in [0.25, 0.3) is 0 Å². The molecule has 4 nitrogen and oxygen atoms in total. The minimum Gasteiger partial charge on any atom is -0.458 e. The van der Waals surface area contributed by atoms with E-state index in [-0.39, 0.29) is 41.5 Å². The van der Waals surface area contributed by atoms with Crippen molar-refractivity contribution < 1.29 is 19.4 Å². The fourth-order valence-electron chi connectivity index (χ4n) is 4.45. The number of hydrogen-bond donors (Lipinski definition) is 1. The van der Waals surface area contributed by atoms with Crippen LogP contribution in [0.5, 0.6) is 0 Å². The molecule has 2 heterocycles. The van der Waals surface area contributed by atoms with Gasteiger partial charge in [0.1, 0.15) is 18.3 Å². The Balaban J connectivity index is 1.71. The lowest BCUT2D eigenvalue weighted by atomic mass is 9.55. The molecule has 0 aromatic rings. The fraction of sp³-hybridized carbons (Fsp3) is 0.667. The van der Waals surface area contributed by atoms with E-state index in [1.807, 2.05) is 0 Å². The lowest BCUT2D eigenvalue weighted by molar-refractivity contribution is -0.142. The standard InChI is InChI=1S/C15H18O4/c1-6-8-4-9-7(2)11(16)12-13(19-12)15(9,3)5-10(8)18-14(6)17/h8-13,16H,1-2,4-5H2,3H3. The first kappa shape index (κ1) is 11.7. The molecule has 0 spiro atoms. The number of hydrogen-bond acceptors (Lipinski definition) is 4. The van der Waals surface area contributed by atoms with Crippen LogP contribution in [0.4, 0.5) is 0 Å². The molecule has 19 heavy (non-hydrogen) atoms. The van der Waals surface area contributed by atoms with Crippen molar-refractivity contribution in [3.8, 4) is 0 Å². The largest absolute Gasteiger partial charge is 0.458 e. The Morgan fingerprint density at radius 3 is 2.89 bits per heavy atom. The van der Waals surface area contributed by atoms with Crippen molar-refractivity contribution >= 4 is 5.97 Å². The molecule has 102 valence electrons. The number of aliphatic hydroxyl groups excluding tert-OH is 1. The van der Waals surface area contributed by atoms with Gasteiger partial charge in [0.05, 0.1) is 6.10 Å². The van der Waals surface area contributed by atoms with E-state index in [2.05, 4.69) is 20.1 Å². The average Bonchev–Trinajstić information content (AvgIpc) is 3.12. The normalized spacial score (nSPS) is 55.2. The molecule has 2 aliphatic carbocycles. The lowest BCUT2D eigenvalue weighted by Gasteiger charge is -2.48. The Labute approximate surface area is 112 Å². The predicted octanol–water partition coefficient (Wildman–Crippen LogP) is 1.20. The maximum absolute atomic E-state index is 11.7. The SMILES string of the molecule is C=C1C(=O)OC2CC3(C)C(CC12)C(=C)C(O)C1OC13. The van der Waals surface area contributed by atoms with Gasteiger partial charge < -0.3 is 14.6 Å². The van der Waals surface area contributed by atoms with E-state index < -0.39 is 6.10 Å². The summed E-state index contributed by atoms with van der Waals surface area (Å²) in [6, 6.07) is 0. The zero-order valence-electron chi connectivity index (χ0n) is 11.0. The molecule has 7 atom stereocenters. The first-order valence-electron chi connectivity index (χ1n) is 6.85. The van der Waals surface area contributed by atoms with Crippen LogP contribution in [-0.4, -0.2) is 35.5 Å². The van der Waals surface area contributed by atoms with Crippen molar-refractivity contribution in [2.75, 3.05) is 0 Å². The van der Waals surface area contributed by atoms with Crippen LogP contribution in [0.2, 0.25) is 0 Å². The summed E-state index contributed by atoms with van der Waals surface area (Å²) in [5, 5.41) is 10.2. The van der Waals surface area contributed by atoms with Gasteiger partial charge in [-0.1, -0.05) is 20.1 Å². The van der Waals surface area contributed by atoms with Gasteiger partial charge >= 0.3 is 5.97 Å². The number of aliphatic hydroxyl groups is 1. The molecule has 4 heteroatoms. The molecule has 7 unspecified atom stereocenters. The van der Waals surface area contributed by atoms with Crippen molar-refractivity contribution in [1.82, 2.24) is 0 Å². The quantitative estimate of drug-likeness (QED) is 0.308. The lowest BCUT2D eigenvalue weighted by Crippen LogP contribution is -2.51. The van der Waals surface area contributed by atoms with Crippen LogP contribution in [0, 0.1) is 17.3 Å². The zero-order chi connectivity index (χ0) is 13.5. The van der Waals surface area contributed by atoms with E-state index in [0.717, 1.165) is 18.4 Å². The molecule has 0 bridgehead atoms. The third kappa shape index (κ3) is 1.29. The van der Waals surface area contributed by atoms with Crippen LogP contribution < -0.4 is 0 Å². The number of ether oxygens (including phenoxy) is 2. The van der Waals surface area contributed by atoms with E-state index in [0.29, 0.717) is 5.57 Å². The summed E-state index contributed by atoms with van der Waals surface area (Å²) >= 11 is 0. The average molecular weight is 262 g/mol. The summed E-state index contributed by atoms with van der Waals surface area (Å²) in [7, 11) is 0. The van der Waals surface area contributed by atoms with Gasteiger partial charge in [-0.15, -0.1) is 0 Å². The van der Waals surface area contributed by atoms with Crippen LogP contribution in [0.3, 0.4) is 0 Å². The smallest absolute Gasteiger partial charge is 0.334 e. The summed E-state index contributed by atoms with van der Waals surface area (Å²) in [4.78, 5) is 11.7. The minimum absolute atomic E-state index is 0.0739. The van der Waals surface area contributed by atoms with Gasteiger partial charge in [0, 0.05) is 16.9 Å². The third-order valence-corrected chi connectivity index (χ3v) is 5.66. The molecule has 0 radical (unpaired) electrons. The topological polar surface area (TPSA) is 59.1 Å². The van der Waals surface area contributed by atoms with Gasteiger partial charge in [-0.2, -0.15) is 0 Å². The Hall–Kier alpha value is -1.13. The Morgan fingerprint density at radius 1 is 1.42 bits per heavy atom. The molecule has 0 amide bonds. The maximum Gasteiger partial charge on any atom is 0.334 e. The highest BCUT2D eigenvalue weighted by atomic mass is 16.6. The molecule has 4 rings (SSSR count). The van der Waals surface area contributed by atoms with Crippen LogP contribution in [-0.2, 0) is 14.3 Å². The minimum atomic E-state index is -0.564. The fourth-order valence-corrected chi connectivity index (χ4v) is 4.45. The first-order valence-corrected chi connectivity index (χ1v) is 6.85. The van der Waals surface area contributed by atoms with E-state index in [1.165, 1.54) is 0 Å². The number of carbonyl (C=O) groups excluding carboxylic acids is 1. The summed E-state index contributed by atoms with van der Waals surface area (Å²) in [5.41, 5.74) is 1.35. The molecular formula is C15H18O4. The second-order valence-corrected chi connectivity index (χ2v) is 6.61. The number of carbonyl (C=O) groups is 1. The van der Waals surface area contributed by atoms with Crippen LogP contribution >= 0.6 is 0 Å². The summed E-state index contributed by atoms with van der Waals surface area (Å²) in [6.07, 6.45) is 0.894. The Kier molecular flexibility index (Phi) is 2.03. The highest BCUT2D eigenvalue weighted by Crippen LogP contribution is 2.62. The van der Waals surface area contributed by atoms with E-state index in [1.54, 1.807) is 0 Å². The monoisotopic (exact) mass is 262 g/mol. The summed E-state index contributed by atoms with van der Waals surface area (Å²) < 4.78 is 11.1. The molecule has 0 aromatic heterocycles. The maximum atomic E-state index is 11.7. The van der Waals surface area contributed by atoms with Crippen LogP contribution in [0.25, 0.3) is 0 Å². The van der Waals surface area contributed by atoms with Gasteiger partial charge in [0.15, 0.2) is 0 Å². The van der Waals surface area contributed by atoms with Crippen molar-refractivity contribution in [2.45, 2.75) is 44.2 Å². The van der Waals surface area contributed by atoms with Gasteiger partial charge in [-0.25, -0.2) is 4.79 Å². The highest BCUT2D eigenvalue weighted by molar-refractivity contribution is 5.90. The second-order valence-electron chi connectivity index (χ2n) is 6.61. The molecule has 2 saturated carbocycles. The predicted molar refractivity (Wildman–Crippen MR) is 67.1 cm³/mol. The number of epoxide rings is 1. The molecule has 2 saturated heterocycles. The first-order chi connectivity index (χ1) is 8.93. The molecular weight excluding hydrogens is 244 g/mol. The Bertz CT molecular complexity index is 510. The number of esters is 1. The van der Waals surface area contributed by atoms with E-state index >= 15 is 0 Å². The van der Waals surface area contributed by atoms with E-state index in [4.69, 9.17) is 9.47 Å². The van der Waals surface area contributed by atoms with Crippen molar-refractivity contribution in [3.63, 3.8) is 0 Å². The number of rotatable bonds is 0. The van der Waals surface area contributed by atoms with Crippen molar-refractivity contribution in [3.05, 3.63) is 24.3 Å². The third-order valence-electron chi connectivity index (χ3n) is 5.66. The molecule has 0 aromatic carbocycles. The van der Waals surface area contributed by atoms with Crippen LogP contribution in [0.15, 0.2) is 24.3 Å². The highest BCUT2D eigenvalue weighted by Gasteiger charge is 2.67. The molecule has 1 N–H and O–H groups in total. The summed E-state index contributed by atoms with van der Waals surface area (Å²) in [6.45, 7) is 10.1. The van der Waals surface area contributed by atoms with Crippen LogP contribution in [0.1, 0.15) is 19.8 Å². The zero-order valence-corrected chi connectivity index (χ0v) is 11.0. The van der Waals surface area contributed by atoms with Crippen molar-refractivity contribution in [1.29, 1.82) is 0 Å². The van der Waals surface area contributed by atoms with Crippen molar-refractivity contribution in [2.24, 2.45) is 17.3 Å². The van der Waals surface area contributed by atoms with Gasteiger partial charge in [-0.3, -0.25) is 0 Å². The molecule has 2 aliphatic heterocycles. The second kappa shape index (κ2) is 3.30.